The minimum absolute atomic E-state index is 0.470. The average Bonchev–Trinajstić information content (AvgIpc) is 3.06. The molecular weight excluding hydrogens is 222 g/mol. The Kier molecular flexibility index (Phi) is 3.33. The third kappa shape index (κ3) is 2.03. The molecule has 0 aliphatic heterocycles. The Hall–Kier alpha value is -1.35. The summed E-state index contributed by atoms with van der Waals surface area (Å²) in [6, 6.07) is 6.76. The number of hydrogen-bond donors (Lipinski definition) is 1. The Balaban J connectivity index is 1.98. The smallest absolute Gasteiger partial charge is 0.0709 e. The monoisotopic (exact) mass is 243 g/mol. The molecule has 0 saturated heterocycles. The van der Waals surface area contributed by atoms with Gasteiger partial charge >= 0.3 is 0 Å². The van der Waals surface area contributed by atoms with E-state index >= 15 is 0 Å². The highest BCUT2D eigenvalue weighted by Gasteiger charge is 2.27. The van der Waals surface area contributed by atoms with Crippen molar-refractivity contribution in [2.24, 2.45) is 5.92 Å². The highest BCUT2D eigenvalue weighted by molar-refractivity contribution is 5.55. The fourth-order valence-corrected chi connectivity index (χ4v) is 3.24. The van der Waals surface area contributed by atoms with Gasteiger partial charge in [0.1, 0.15) is 0 Å². The largest absolute Gasteiger partial charge is 0.310 e. The summed E-state index contributed by atoms with van der Waals surface area (Å²) in [6.45, 7) is 3.21. The first-order valence-corrected chi connectivity index (χ1v) is 7.06. The number of aromatic nitrogens is 2. The molecule has 0 radical (unpaired) electrons. The van der Waals surface area contributed by atoms with Crippen molar-refractivity contribution in [2.75, 3.05) is 6.54 Å². The van der Waals surface area contributed by atoms with Crippen LogP contribution in [0.4, 0.5) is 0 Å². The molecule has 1 aliphatic rings. The van der Waals surface area contributed by atoms with Crippen molar-refractivity contribution < 1.29 is 0 Å². The van der Waals surface area contributed by atoms with Gasteiger partial charge in [0.15, 0.2) is 0 Å². The minimum atomic E-state index is 0.470. The van der Waals surface area contributed by atoms with Crippen LogP contribution in [-0.4, -0.2) is 16.2 Å². The highest BCUT2D eigenvalue weighted by Crippen LogP contribution is 2.36. The molecule has 18 heavy (non-hydrogen) atoms. The van der Waals surface area contributed by atoms with E-state index in [0.29, 0.717) is 6.04 Å². The third-order valence-electron chi connectivity index (χ3n) is 4.09. The van der Waals surface area contributed by atoms with Crippen LogP contribution >= 0.6 is 0 Å². The molecule has 1 fully saturated rings. The number of rotatable bonds is 4. The second-order valence-corrected chi connectivity index (χ2v) is 5.21. The minimum Gasteiger partial charge on any atom is -0.310 e. The molecule has 0 spiro atoms. The van der Waals surface area contributed by atoms with Crippen LogP contribution in [0.1, 0.15) is 44.2 Å². The molecule has 1 N–H and O–H groups in total. The van der Waals surface area contributed by atoms with Gasteiger partial charge in [-0.1, -0.05) is 25.8 Å². The van der Waals surface area contributed by atoms with E-state index in [1.807, 2.05) is 23.0 Å². The second kappa shape index (κ2) is 5.11. The molecule has 96 valence electrons. The Morgan fingerprint density at radius 3 is 3.00 bits per heavy atom. The van der Waals surface area contributed by atoms with Gasteiger partial charge in [-0.3, -0.25) is 0 Å². The van der Waals surface area contributed by atoms with Crippen LogP contribution < -0.4 is 5.32 Å². The van der Waals surface area contributed by atoms with Crippen LogP contribution in [0, 0.1) is 5.92 Å². The topological polar surface area (TPSA) is 29.3 Å². The van der Waals surface area contributed by atoms with E-state index < -0.39 is 0 Å². The van der Waals surface area contributed by atoms with Crippen LogP contribution in [0.2, 0.25) is 0 Å². The SMILES string of the molecule is CCNC(c1cnn2ccccc12)C1CCCC1. The van der Waals surface area contributed by atoms with E-state index in [2.05, 4.69) is 29.5 Å². The first kappa shape index (κ1) is 11.7. The maximum atomic E-state index is 4.47. The van der Waals surface area contributed by atoms with Gasteiger partial charge in [0.05, 0.1) is 11.7 Å². The van der Waals surface area contributed by atoms with Crippen LogP contribution in [0.3, 0.4) is 0 Å². The van der Waals surface area contributed by atoms with Gasteiger partial charge in [-0.25, -0.2) is 4.52 Å². The van der Waals surface area contributed by atoms with Crippen LogP contribution in [0.15, 0.2) is 30.6 Å². The summed E-state index contributed by atoms with van der Waals surface area (Å²) in [6.07, 6.45) is 9.53. The Labute approximate surface area is 108 Å². The fraction of sp³-hybridized carbons (Fsp3) is 0.533. The molecule has 1 unspecified atom stereocenters. The molecule has 0 bridgehead atoms. The molecule has 3 rings (SSSR count). The summed E-state index contributed by atoms with van der Waals surface area (Å²) >= 11 is 0. The van der Waals surface area contributed by atoms with Gasteiger partial charge in [-0.05, 0) is 37.4 Å². The zero-order valence-electron chi connectivity index (χ0n) is 11.0. The lowest BCUT2D eigenvalue weighted by Gasteiger charge is -2.23. The van der Waals surface area contributed by atoms with Crippen molar-refractivity contribution in [1.82, 2.24) is 14.9 Å². The van der Waals surface area contributed by atoms with Crippen LogP contribution in [0.5, 0.6) is 0 Å². The van der Waals surface area contributed by atoms with Crippen molar-refractivity contribution in [3.63, 3.8) is 0 Å². The predicted octanol–water partition coefficient (Wildman–Crippen LogP) is 3.18. The number of pyridine rings is 1. The van der Waals surface area contributed by atoms with Crippen LogP contribution in [-0.2, 0) is 0 Å². The molecule has 3 heteroatoms. The normalized spacial score (nSPS) is 18.5. The lowest BCUT2D eigenvalue weighted by Crippen LogP contribution is -2.26. The molecular formula is C15H21N3. The number of nitrogens with one attached hydrogen (secondary N) is 1. The van der Waals surface area contributed by atoms with Gasteiger partial charge in [-0.2, -0.15) is 5.10 Å². The molecule has 2 heterocycles. The quantitative estimate of drug-likeness (QED) is 0.893. The predicted molar refractivity (Wildman–Crippen MR) is 73.6 cm³/mol. The lowest BCUT2D eigenvalue weighted by molar-refractivity contribution is 0.376. The number of hydrogen-bond acceptors (Lipinski definition) is 2. The van der Waals surface area contributed by atoms with Gasteiger partial charge in [0.2, 0.25) is 0 Å². The maximum absolute atomic E-state index is 4.47. The fourth-order valence-electron chi connectivity index (χ4n) is 3.24. The van der Waals surface area contributed by atoms with E-state index in [0.717, 1.165) is 12.5 Å². The van der Waals surface area contributed by atoms with Gasteiger partial charge in [0, 0.05) is 17.8 Å². The average molecular weight is 243 g/mol. The van der Waals surface area contributed by atoms with Crippen molar-refractivity contribution in [3.05, 3.63) is 36.2 Å². The van der Waals surface area contributed by atoms with Crippen molar-refractivity contribution >= 4 is 5.52 Å². The summed E-state index contributed by atoms with van der Waals surface area (Å²) in [4.78, 5) is 0. The van der Waals surface area contributed by atoms with E-state index in [1.165, 1.54) is 36.8 Å². The summed E-state index contributed by atoms with van der Waals surface area (Å²) < 4.78 is 1.98. The van der Waals surface area contributed by atoms with E-state index in [-0.39, 0.29) is 0 Å². The lowest BCUT2D eigenvalue weighted by atomic mass is 9.92. The van der Waals surface area contributed by atoms with Gasteiger partial charge in [0.25, 0.3) is 0 Å². The van der Waals surface area contributed by atoms with Crippen LogP contribution in [0.25, 0.3) is 5.52 Å². The molecule has 1 aliphatic carbocycles. The van der Waals surface area contributed by atoms with E-state index in [9.17, 15) is 0 Å². The second-order valence-electron chi connectivity index (χ2n) is 5.21. The molecule has 1 atom stereocenters. The molecule has 0 amide bonds. The van der Waals surface area contributed by atoms with E-state index in [1.54, 1.807) is 0 Å². The van der Waals surface area contributed by atoms with Crippen molar-refractivity contribution in [2.45, 2.75) is 38.6 Å². The summed E-state index contributed by atoms with van der Waals surface area (Å²) in [7, 11) is 0. The summed E-state index contributed by atoms with van der Waals surface area (Å²) in [5, 5.41) is 8.14. The zero-order chi connectivity index (χ0) is 12.4. The first-order chi connectivity index (χ1) is 8.90. The number of nitrogens with zero attached hydrogens (tertiary/aromatic N) is 2. The first-order valence-electron chi connectivity index (χ1n) is 7.06. The highest BCUT2D eigenvalue weighted by atomic mass is 15.2. The zero-order valence-corrected chi connectivity index (χ0v) is 11.0. The standard InChI is InChI=1S/C15H21N3/c1-2-16-15(12-7-3-4-8-12)13-11-17-18-10-6-5-9-14(13)18/h5-6,9-12,15-16H,2-4,7-8H2,1H3. The van der Waals surface area contributed by atoms with Crippen molar-refractivity contribution in [3.8, 4) is 0 Å². The molecule has 1 saturated carbocycles. The van der Waals surface area contributed by atoms with Crippen molar-refractivity contribution in [1.29, 1.82) is 0 Å². The van der Waals surface area contributed by atoms with Gasteiger partial charge in [-0.15, -0.1) is 0 Å². The molecule has 3 nitrogen and oxygen atoms in total. The molecule has 0 aromatic carbocycles. The van der Waals surface area contributed by atoms with E-state index in [4.69, 9.17) is 0 Å². The summed E-state index contributed by atoms with van der Waals surface area (Å²) in [5.41, 5.74) is 2.61. The molecule has 2 aromatic rings. The maximum Gasteiger partial charge on any atom is 0.0709 e. The Bertz CT molecular complexity index is 511. The Morgan fingerprint density at radius 1 is 1.39 bits per heavy atom. The Morgan fingerprint density at radius 2 is 2.22 bits per heavy atom. The molecule has 2 aromatic heterocycles. The third-order valence-corrected chi connectivity index (χ3v) is 4.09. The van der Waals surface area contributed by atoms with Gasteiger partial charge < -0.3 is 5.32 Å². The summed E-state index contributed by atoms with van der Waals surface area (Å²) in [5.74, 6) is 0.776. The number of fused-ring (bicyclic) bond motifs is 1.